The molecule has 0 heterocycles. The maximum atomic E-state index is 12.7. The first kappa shape index (κ1) is 16.0. The SMILES string of the molecule is CCCCCC(C)NC(=O)CSc1ccc(F)cc1. The first-order valence-corrected chi connectivity index (χ1v) is 7.78. The number of hydrogen-bond donors (Lipinski definition) is 1. The lowest BCUT2D eigenvalue weighted by Gasteiger charge is -2.13. The number of carbonyl (C=O) groups excluding carboxylic acids is 1. The van der Waals surface area contributed by atoms with E-state index in [1.54, 1.807) is 12.1 Å². The Balaban J connectivity index is 2.22. The second kappa shape index (κ2) is 8.97. The Kier molecular flexibility index (Phi) is 7.56. The van der Waals surface area contributed by atoms with Crippen molar-refractivity contribution >= 4 is 17.7 Å². The summed E-state index contributed by atoms with van der Waals surface area (Å²) in [5.74, 6) is 0.167. The van der Waals surface area contributed by atoms with Gasteiger partial charge in [-0.2, -0.15) is 0 Å². The predicted octanol–water partition coefficient (Wildman–Crippen LogP) is 4.00. The number of halogens is 1. The minimum Gasteiger partial charge on any atom is -0.353 e. The zero-order valence-corrected chi connectivity index (χ0v) is 12.4. The first-order chi connectivity index (χ1) is 9.11. The topological polar surface area (TPSA) is 29.1 Å². The number of benzene rings is 1. The van der Waals surface area contributed by atoms with Gasteiger partial charge in [-0.15, -0.1) is 11.8 Å². The highest BCUT2D eigenvalue weighted by Gasteiger charge is 2.07. The summed E-state index contributed by atoms with van der Waals surface area (Å²) >= 11 is 1.43. The molecule has 1 rings (SSSR count). The molecule has 0 aliphatic rings. The molecule has 0 aliphatic carbocycles. The Bertz CT molecular complexity index is 380. The maximum absolute atomic E-state index is 12.7. The van der Waals surface area contributed by atoms with Gasteiger partial charge in [-0.3, -0.25) is 4.79 Å². The van der Waals surface area contributed by atoms with E-state index >= 15 is 0 Å². The molecule has 0 aromatic heterocycles. The Morgan fingerprint density at radius 3 is 2.63 bits per heavy atom. The third kappa shape index (κ3) is 7.21. The third-order valence-electron chi connectivity index (χ3n) is 2.83. The summed E-state index contributed by atoms with van der Waals surface area (Å²) in [4.78, 5) is 12.6. The molecule has 0 aliphatic heterocycles. The maximum Gasteiger partial charge on any atom is 0.230 e. The molecule has 1 unspecified atom stereocenters. The van der Waals surface area contributed by atoms with Crippen molar-refractivity contribution in [1.82, 2.24) is 5.32 Å². The highest BCUT2D eigenvalue weighted by molar-refractivity contribution is 8.00. The molecule has 1 amide bonds. The molecule has 2 nitrogen and oxygen atoms in total. The highest BCUT2D eigenvalue weighted by atomic mass is 32.2. The van der Waals surface area contributed by atoms with E-state index in [0.717, 1.165) is 17.7 Å². The Morgan fingerprint density at radius 1 is 1.32 bits per heavy atom. The molecular formula is C15H22FNOS. The molecule has 4 heteroatoms. The van der Waals surface area contributed by atoms with E-state index in [2.05, 4.69) is 12.2 Å². The molecule has 1 atom stereocenters. The van der Waals surface area contributed by atoms with Crippen molar-refractivity contribution in [3.8, 4) is 0 Å². The molecule has 0 radical (unpaired) electrons. The molecule has 106 valence electrons. The summed E-state index contributed by atoms with van der Waals surface area (Å²) in [7, 11) is 0. The molecule has 0 bridgehead atoms. The van der Waals surface area contributed by atoms with Gasteiger partial charge in [0.2, 0.25) is 5.91 Å². The number of nitrogens with one attached hydrogen (secondary N) is 1. The summed E-state index contributed by atoms with van der Waals surface area (Å²) in [6, 6.07) is 6.43. The van der Waals surface area contributed by atoms with Crippen LogP contribution in [-0.4, -0.2) is 17.7 Å². The van der Waals surface area contributed by atoms with Gasteiger partial charge in [0, 0.05) is 10.9 Å². The third-order valence-corrected chi connectivity index (χ3v) is 3.84. The van der Waals surface area contributed by atoms with E-state index in [1.165, 1.54) is 36.7 Å². The Hall–Kier alpha value is -1.03. The molecule has 1 aromatic carbocycles. The zero-order chi connectivity index (χ0) is 14.1. The van der Waals surface area contributed by atoms with Crippen LogP contribution in [0, 0.1) is 5.82 Å². The van der Waals surface area contributed by atoms with Crippen molar-refractivity contribution in [3.63, 3.8) is 0 Å². The Morgan fingerprint density at radius 2 is 2.00 bits per heavy atom. The van der Waals surface area contributed by atoms with Crippen LogP contribution in [0.5, 0.6) is 0 Å². The van der Waals surface area contributed by atoms with Gasteiger partial charge in [0.05, 0.1) is 5.75 Å². The zero-order valence-electron chi connectivity index (χ0n) is 11.6. The van der Waals surface area contributed by atoms with Crippen LogP contribution in [0.1, 0.15) is 39.5 Å². The van der Waals surface area contributed by atoms with Gasteiger partial charge in [-0.25, -0.2) is 4.39 Å². The largest absolute Gasteiger partial charge is 0.353 e. The van der Waals surface area contributed by atoms with Gasteiger partial charge in [-0.1, -0.05) is 26.2 Å². The summed E-state index contributed by atoms with van der Waals surface area (Å²) in [6.07, 6.45) is 4.59. The van der Waals surface area contributed by atoms with Gasteiger partial charge < -0.3 is 5.32 Å². The number of thioether (sulfide) groups is 1. The van der Waals surface area contributed by atoms with Crippen LogP contribution < -0.4 is 5.32 Å². The number of carbonyl (C=O) groups is 1. The lowest BCUT2D eigenvalue weighted by atomic mass is 10.1. The summed E-state index contributed by atoms with van der Waals surface area (Å²) in [5, 5.41) is 2.99. The van der Waals surface area contributed by atoms with Crippen molar-refractivity contribution < 1.29 is 9.18 Å². The van der Waals surface area contributed by atoms with E-state index in [4.69, 9.17) is 0 Å². The van der Waals surface area contributed by atoms with Crippen molar-refractivity contribution in [2.24, 2.45) is 0 Å². The van der Waals surface area contributed by atoms with E-state index in [0.29, 0.717) is 5.75 Å². The molecule has 0 saturated carbocycles. The second-order valence-corrected chi connectivity index (χ2v) is 5.76. The van der Waals surface area contributed by atoms with Crippen LogP contribution >= 0.6 is 11.8 Å². The van der Waals surface area contributed by atoms with Gasteiger partial charge in [-0.05, 0) is 37.6 Å². The minimum absolute atomic E-state index is 0.0401. The molecule has 0 spiro atoms. The van der Waals surface area contributed by atoms with Crippen molar-refractivity contribution in [1.29, 1.82) is 0 Å². The number of rotatable bonds is 8. The lowest BCUT2D eigenvalue weighted by Crippen LogP contribution is -2.33. The quantitative estimate of drug-likeness (QED) is 0.577. The average molecular weight is 283 g/mol. The summed E-state index contributed by atoms with van der Waals surface area (Å²) in [5.41, 5.74) is 0. The van der Waals surface area contributed by atoms with Gasteiger partial charge in [0.1, 0.15) is 5.82 Å². The van der Waals surface area contributed by atoms with E-state index in [1.807, 2.05) is 6.92 Å². The second-order valence-electron chi connectivity index (χ2n) is 4.71. The fraction of sp³-hybridized carbons (Fsp3) is 0.533. The van der Waals surface area contributed by atoms with Crippen molar-refractivity contribution in [2.75, 3.05) is 5.75 Å². The van der Waals surface area contributed by atoms with Crippen molar-refractivity contribution in [3.05, 3.63) is 30.1 Å². The molecule has 1 N–H and O–H groups in total. The normalized spacial score (nSPS) is 12.2. The van der Waals surface area contributed by atoms with Gasteiger partial charge in [0.25, 0.3) is 0 Å². The summed E-state index contributed by atoms with van der Waals surface area (Å²) < 4.78 is 12.7. The number of amides is 1. The molecule has 0 fully saturated rings. The predicted molar refractivity (Wildman–Crippen MR) is 78.9 cm³/mol. The van der Waals surface area contributed by atoms with E-state index < -0.39 is 0 Å². The Labute approximate surface area is 119 Å². The highest BCUT2D eigenvalue weighted by Crippen LogP contribution is 2.17. The van der Waals surface area contributed by atoms with Crippen LogP contribution in [0.25, 0.3) is 0 Å². The molecule has 0 saturated heterocycles. The van der Waals surface area contributed by atoms with Crippen LogP contribution in [0.15, 0.2) is 29.2 Å². The van der Waals surface area contributed by atoms with Crippen LogP contribution in [0.3, 0.4) is 0 Å². The fourth-order valence-corrected chi connectivity index (χ4v) is 2.48. The van der Waals surface area contributed by atoms with Gasteiger partial charge in [0.15, 0.2) is 0 Å². The fourth-order valence-electron chi connectivity index (χ4n) is 1.77. The van der Waals surface area contributed by atoms with Gasteiger partial charge >= 0.3 is 0 Å². The number of hydrogen-bond acceptors (Lipinski definition) is 2. The van der Waals surface area contributed by atoms with Crippen LogP contribution in [0.4, 0.5) is 4.39 Å². The summed E-state index contributed by atoms with van der Waals surface area (Å²) in [6.45, 7) is 4.21. The molecule has 1 aromatic rings. The van der Waals surface area contributed by atoms with E-state index in [9.17, 15) is 9.18 Å². The standard InChI is InChI=1S/C15H22FNOS/c1-3-4-5-6-12(2)17-15(18)11-19-14-9-7-13(16)8-10-14/h7-10,12H,3-6,11H2,1-2H3,(H,17,18). The van der Waals surface area contributed by atoms with Crippen molar-refractivity contribution in [2.45, 2.75) is 50.5 Å². The monoisotopic (exact) mass is 283 g/mol. The minimum atomic E-state index is -0.252. The number of unbranched alkanes of at least 4 members (excludes halogenated alkanes) is 2. The smallest absolute Gasteiger partial charge is 0.230 e. The molecular weight excluding hydrogens is 261 g/mol. The van der Waals surface area contributed by atoms with Crippen LogP contribution in [-0.2, 0) is 4.79 Å². The van der Waals surface area contributed by atoms with E-state index in [-0.39, 0.29) is 17.8 Å². The molecule has 19 heavy (non-hydrogen) atoms. The van der Waals surface area contributed by atoms with Crippen LogP contribution in [0.2, 0.25) is 0 Å². The first-order valence-electron chi connectivity index (χ1n) is 6.79. The lowest BCUT2D eigenvalue weighted by molar-refractivity contribution is -0.119. The average Bonchev–Trinajstić information content (AvgIpc) is 2.38.